The number of rotatable bonds is 4. The number of carbonyl (C=O) groups excluding carboxylic acids is 1. The fourth-order valence-electron chi connectivity index (χ4n) is 3.58. The van der Waals surface area contributed by atoms with E-state index in [9.17, 15) is 9.18 Å². The van der Waals surface area contributed by atoms with Crippen molar-refractivity contribution >= 4 is 17.5 Å². The Kier molecular flexibility index (Phi) is 4.49. The van der Waals surface area contributed by atoms with Crippen LogP contribution in [0, 0.1) is 5.82 Å². The maximum absolute atomic E-state index is 13.6. The van der Waals surface area contributed by atoms with Crippen LogP contribution in [-0.4, -0.2) is 19.1 Å². The zero-order valence-corrected chi connectivity index (χ0v) is 14.9. The lowest BCUT2D eigenvalue weighted by molar-refractivity contribution is -0.130. The van der Waals surface area contributed by atoms with Crippen LogP contribution in [0.5, 0.6) is 11.5 Å². The highest BCUT2D eigenvalue weighted by atomic mass is 35.5. The standard InChI is InChI=1S/C20H19ClFNO3/c21-16-9-13(10-17-18(16)26-8-7-25-17)12-23-19(24)20(5-2-6-20)14-3-1-4-15(22)11-14/h1,3-4,9-11H,2,5-8,12H2,(H,23,24). The van der Waals surface area contributed by atoms with Gasteiger partial charge in [-0.05, 0) is 48.2 Å². The molecule has 1 amide bonds. The maximum atomic E-state index is 13.6. The zero-order chi connectivity index (χ0) is 18.1. The van der Waals surface area contributed by atoms with Crippen molar-refractivity contribution in [2.45, 2.75) is 31.2 Å². The average molecular weight is 376 g/mol. The fourth-order valence-corrected chi connectivity index (χ4v) is 3.87. The molecule has 0 unspecified atom stereocenters. The van der Waals surface area contributed by atoms with Gasteiger partial charge in [0.2, 0.25) is 5.91 Å². The van der Waals surface area contributed by atoms with Crippen LogP contribution in [0.4, 0.5) is 4.39 Å². The monoisotopic (exact) mass is 375 g/mol. The molecule has 6 heteroatoms. The molecular weight excluding hydrogens is 357 g/mol. The Labute approximate surface area is 156 Å². The van der Waals surface area contributed by atoms with Gasteiger partial charge in [-0.25, -0.2) is 4.39 Å². The first kappa shape index (κ1) is 17.2. The summed E-state index contributed by atoms with van der Waals surface area (Å²) < 4.78 is 24.7. The van der Waals surface area contributed by atoms with Crippen LogP contribution in [-0.2, 0) is 16.8 Å². The Morgan fingerprint density at radius 3 is 2.73 bits per heavy atom. The Balaban J connectivity index is 1.51. The second-order valence-electron chi connectivity index (χ2n) is 6.73. The number of carbonyl (C=O) groups is 1. The third kappa shape index (κ3) is 3.01. The Hall–Kier alpha value is -2.27. The Bertz CT molecular complexity index is 851. The van der Waals surface area contributed by atoms with Crippen molar-refractivity contribution in [3.05, 3.63) is 58.4 Å². The summed E-state index contributed by atoms with van der Waals surface area (Å²) in [6.07, 6.45) is 2.41. The summed E-state index contributed by atoms with van der Waals surface area (Å²) >= 11 is 6.24. The first-order valence-corrected chi connectivity index (χ1v) is 9.09. The summed E-state index contributed by atoms with van der Waals surface area (Å²) in [7, 11) is 0. The minimum atomic E-state index is -0.639. The Morgan fingerprint density at radius 2 is 2.00 bits per heavy atom. The van der Waals surface area contributed by atoms with Crippen molar-refractivity contribution < 1.29 is 18.7 Å². The summed E-state index contributed by atoms with van der Waals surface area (Å²) in [5.74, 6) is 0.736. The molecule has 2 aliphatic rings. The van der Waals surface area contributed by atoms with E-state index in [2.05, 4.69) is 5.32 Å². The molecule has 1 heterocycles. The molecule has 1 saturated carbocycles. The van der Waals surface area contributed by atoms with E-state index in [0.717, 1.165) is 30.4 Å². The number of hydrogen-bond donors (Lipinski definition) is 1. The molecule has 0 bridgehead atoms. The van der Waals surface area contributed by atoms with Crippen molar-refractivity contribution in [1.82, 2.24) is 5.32 Å². The summed E-state index contributed by atoms with van der Waals surface area (Å²) in [5, 5.41) is 3.44. The first-order chi connectivity index (χ1) is 12.6. The fraction of sp³-hybridized carbons (Fsp3) is 0.350. The number of benzene rings is 2. The SMILES string of the molecule is O=C(NCc1cc(Cl)c2c(c1)OCCO2)C1(c2cccc(F)c2)CCC1. The molecule has 0 spiro atoms. The summed E-state index contributed by atoms with van der Waals surface area (Å²) in [5.41, 5.74) is 0.933. The van der Waals surface area contributed by atoms with Crippen molar-refractivity contribution in [3.8, 4) is 11.5 Å². The predicted molar refractivity (Wildman–Crippen MR) is 96.2 cm³/mol. The van der Waals surface area contributed by atoms with Gasteiger partial charge in [0.15, 0.2) is 11.5 Å². The molecule has 1 fully saturated rings. The molecule has 0 saturated heterocycles. The van der Waals surface area contributed by atoms with Crippen molar-refractivity contribution in [2.24, 2.45) is 0 Å². The van der Waals surface area contributed by atoms with E-state index in [1.807, 2.05) is 12.1 Å². The molecule has 136 valence electrons. The van der Waals surface area contributed by atoms with E-state index in [1.165, 1.54) is 12.1 Å². The highest BCUT2D eigenvalue weighted by Gasteiger charge is 2.45. The van der Waals surface area contributed by atoms with Crippen LogP contribution >= 0.6 is 11.6 Å². The van der Waals surface area contributed by atoms with E-state index in [1.54, 1.807) is 12.1 Å². The first-order valence-electron chi connectivity index (χ1n) is 8.71. The third-order valence-electron chi connectivity index (χ3n) is 5.13. The number of amides is 1. The van der Waals surface area contributed by atoms with Crippen molar-refractivity contribution in [2.75, 3.05) is 13.2 Å². The van der Waals surface area contributed by atoms with Crippen LogP contribution in [0.25, 0.3) is 0 Å². The van der Waals surface area contributed by atoms with Crippen molar-refractivity contribution in [3.63, 3.8) is 0 Å². The third-order valence-corrected chi connectivity index (χ3v) is 5.41. The largest absolute Gasteiger partial charge is 0.486 e. The summed E-state index contributed by atoms with van der Waals surface area (Å²) in [6, 6.07) is 9.92. The molecule has 2 aromatic rings. The van der Waals surface area contributed by atoms with E-state index < -0.39 is 5.41 Å². The van der Waals surface area contributed by atoms with Gasteiger partial charge in [-0.2, -0.15) is 0 Å². The molecule has 26 heavy (non-hydrogen) atoms. The second kappa shape index (κ2) is 6.80. The van der Waals surface area contributed by atoms with Gasteiger partial charge in [0.1, 0.15) is 19.0 Å². The van der Waals surface area contributed by atoms with Gasteiger partial charge in [0, 0.05) is 6.54 Å². The number of ether oxygens (including phenoxy) is 2. The van der Waals surface area contributed by atoms with E-state index >= 15 is 0 Å². The predicted octanol–water partition coefficient (Wildman–Crippen LogP) is 3.99. The second-order valence-corrected chi connectivity index (χ2v) is 7.14. The van der Waals surface area contributed by atoms with Gasteiger partial charge < -0.3 is 14.8 Å². The molecule has 1 aliphatic carbocycles. The topological polar surface area (TPSA) is 47.6 Å². The molecule has 0 radical (unpaired) electrons. The molecule has 1 aliphatic heterocycles. The molecule has 1 N–H and O–H groups in total. The number of fused-ring (bicyclic) bond motifs is 1. The van der Waals surface area contributed by atoms with Gasteiger partial charge in [-0.1, -0.05) is 30.2 Å². The van der Waals surface area contributed by atoms with Gasteiger partial charge in [-0.3, -0.25) is 4.79 Å². The average Bonchev–Trinajstić information content (AvgIpc) is 2.59. The zero-order valence-electron chi connectivity index (χ0n) is 14.2. The highest BCUT2D eigenvalue weighted by molar-refractivity contribution is 6.32. The van der Waals surface area contributed by atoms with Gasteiger partial charge in [0.05, 0.1) is 10.4 Å². The van der Waals surface area contributed by atoms with E-state index in [4.69, 9.17) is 21.1 Å². The van der Waals surface area contributed by atoms with Crippen molar-refractivity contribution in [1.29, 1.82) is 0 Å². The number of halogens is 2. The number of nitrogens with one attached hydrogen (secondary N) is 1. The van der Waals surface area contributed by atoms with Gasteiger partial charge in [-0.15, -0.1) is 0 Å². The minimum absolute atomic E-state index is 0.0830. The van der Waals surface area contributed by atoms with Crippen LogP contribution in [0.2, 0.25) is 5.02 Å². The Morgan fingerprint density at radius 1 is 1.19 bits per heavy atom. The lowest BCUT2D eigenvalue weighted by Gasteiger charge is -2.40. The molecular formula is C20H19ClFNO3. The lowest BCUT2D eigenvalue weighted by atomic mass is 9.64. The van der Waals surface area contributed by atoms with Gasteiger partial charge in [0.25, 0.3) is 0 Å². The minimum Gasteiger partial charge on any atom is -0.486 e. The van der Waals surface area contributed by atoms with Gasteiger partial charge >= 0.3 is 0 Å². The molecule has 2 aromatic carbocycles. The smallest absolute Gasteiger partial charge is 0.230 e. The summed E-state index contributed by atoms with van der Waals surface area (Å²) in [4.78, 5) is 12.9. The van der Waals surface area contributed by atoms with E-state index in [0.29, 0.717) is 36.3 Å². The molecule has 4 rings (SSSR count). The molecule has 4 nitrogen and oxygen atoms in total. The van der Waals surface area contributed by atoms with E-state index in [-0.39, 0.29) is 11.7 Å². The highest BCUT2D eigenvalue weighted by Crippen LogP contribution is 2.44. The summed E-state index contributed by atoms with van der Waals surface area (Å²) in [6.45, 7) is 1.27. The van der Waals surface area contributed by atoms with Crippen LogP contribution in [0.3, 0.4) is 0 Å². The lowest BCUT2D eigenvalue weighted by Crippen LogP contribution is -2.49. The van der Waals surface area contributed by atoms with Crippen LogP contribution in [0.1, 0.15) is 30.4 Å². The molecule has 0 atom stereocenters. The van der Waals surface area contributed by atoms with Crippen LogP contribution in [0.15, 0.2) is 36.4 Å². The maximum Gasteiger partial charge on any atom is 0.230 e. The number of hydrogen-bond acceptors (Lipinski definition) is 3. The quantitative estimate of drug-likeness (QED) is 0.879. The molecule has 0 aromatic heterocycles. The normalized spacial score (nSPS) is 17.3. The van der Waals surface area contributed by atoms with Crippen LogP contribution < -0.4 is 14.8 Å².